The number of nitrogens with one attached hydrogen (secondary N) is 1. The van der Waals surface area contributed by atoms with Gasteiger partial charge in [0.2, 0.25) is 5.91 Å². The van der Waals surface area contributed by atoms with E-state index in [0.717, 1.165) is 0 Å². The summed E-state index contributed by atoms with van der Waals surface area (Å²) in [6, 6.07) is 5.16. The fraction of sp³-hybridized carbons (Fsp3) is 0.417. The summed E-state index contributed by atoms with van der Waals surface area (Å²) in [5.41, 5.74) is 0. The Kier molecular flexibility index (Phi) is 6.61. The second-order valence-electron chi connectivity index (χ2n) is 3.72. The molecule has 1 unspecified atom stereocenters. The van der Waals surface area contributed by atoms with Crippen LogP contribution in [-0.4, -0.2) is 24.4 Å². The van der Waals surface area contributed by atoms with E-state index in [1.54, 1.807) is 18.2 Å². The molecule has 3 nitrogen and oxygen atoms in total. The highest BCUT2D eigenvalue weighted by Gasteiger charge is 2.10. The molecule has 0 spiro atoms. The van der Waals surface area contributed by atoms with E-state index in [1.807, 2.05) is 6.92 Å². The number of amides is 1. The summed E-state index contributed by atoms with van der Waals surface area (Å²) in [6.45, 7) is 2.22. The van der Waals surface area contributed by atoms with Crippen LogP contribution in [0.3, 0.4) is 0 Å². The number of carbonyl (C=O) groups excluding carboxylic acids is 1. The van der Waals surface area contributed by atoms with Gasteiger partial charge in [-0.1, -0.05) is 29.3 Å². The third-order valence-corrected chi connectivity index (χ3v) is 3.14. The van der Waals surface area contributed by atoms with Gasteiger partial charge in [0.15, 0.2) is 0 Å². The molecule has 18 heavy (non-hydrogen) atoms. The quantitative estimate of drug-likeness (QED) is 0.817. The molecule has 1 N–H and O–H groups in total. The Morgan fingerprint density at radius 3 is 2.83 bits per heavy atom. The van der Waals surface area contributed by atoms with Gasteiger partial charge in [-0.15, -0.1) is 11.6 Å². The largest absolute Gasteiger partial charge is 0.487 e. The van der Waals surface area contributed by atoms with Gasteiger partial charge in [-0.05, 0) is 19.1 Å². The first-order valence-electron chi connectivity index (χ1n) is 5.48. The third-order valence-electron chi connectivity index (χ3n) is 2.15. The van der Waals surface area contributed by atoms with Crippen LogP contribution in [0, 0.1) is 0 Å². The molecule has 6 heteroatoms. The Hall–Kier alpha value is -0.640. The second kappa shape index (κ2) is 7.72. The number of hydrogen-bond acceptors (Lipinski definition) is 2. The molecule has 0 aliphatic heterocycles. The predicted octanol–water partition coefficient (Wildman–Crippen LogP) is 3.51. The lowest BCUT2D eigenvalue weighted by Gasteiger charge is -2.16. The second-order valence-corrected chi connectivity index (χ2v) is 4.89. The fourth-order valence-corrected chi connectivity index (χ4v) is 1.77. The van der Waals surface area contributed by atoms with E-state index in [1.165, 1.54) is 0 Å². The van der Waals surface area contributed by atoms with Gasteiger partial charge in [-0.2, -0.15) is 0 Å². The average Bonchev–Trinajstić information content (AvgIpc) is 2.33. The van der Waals surface area contributed by atoms with Gasteiger partial charge in [-0.25, -0.2) is 0 Å². The monoisotopic (exact) mass is 309 g/mol. The summed E-state index contributed by atoms with van der Waals surface area (Å²) < 4.78 is 5.59. The first kappa shape index (κ1) is 15.4. The maximum absolute atomic E-state index is 11.2. The number of rotatable bonds is 6. The molecule has 1 aromatic rings. The molecule has 1 rings (SSSR count). The van der Waals surface area contributed by atoms with Gasteiger partial charge in [0.25, 0.3) is 0 Å². The summed E-state index contributed by atoms with van der Waals surface area (Å²) >= 11 is 17.3. The molecular formula is C12H14Cl3NO2. The van der Waals surface area contributed by atoms with E-state index in [2.05, 4.69) is 5.32 Å². The molecule has 0 bridgehead atoms. The van der Waals surface area contributed by atoms with Crippen LogP contribution in [0.2, 0.25) is 10.0 Å². The van der Waals surface area contributed by atoms with Crippen LogP contribution >= 0.6 is 34.8 Å². The highest BCUT2D eigenvalue weighted by molar-refractivity contribution is 6.42. The van der Waals surface area contributed by atoms with Crippen LogP contribution in [0.25, 0.3) is 0 Å². The smallest absolute Gasteiger partial charge is 0.221 e. The summed E-state index contributed by atoms with van der Waals surface area (Å²) in [4.78, 5) is 11.2. The van der Waals surface area contributed by atoms with Crippen molar-refractivity contribution >= 4 is 40.7 Å². The van der Waals surface area contributed by atoms with Crippen molar-refractivity contribution in [3.8, 4) is 5.75 Å². The van der Waals surface area contributed by atoms with E-state index in [-0.39, 0.29) is 12.0 Å². The first-order chi connectivity index (χ1) is 8.54. The van der Waals surface area contributed by atoms with Crippen molar-refractivity contribution in [2.75, 3.05) is 12.4 Å². The summed E-state index contributed by atoms with van der Waals surface area (Å²) in [5, 5.41) is 3.52. The number of carbonyl (C=O) groups is 1. The normalized spacial score (nSPS) is 12.0. The lowest BCUT2D eigenvalue weighted by Crippen LogP contribution is -2.33. The van der Waals surface area contributed by atoms with E-state index >= 15 is 0 Å². The van der Waals surface area contributed by atoms with Crippen molar-refractivity contribution < 1.29 is 9.53 Å². The molecule has 100 valence electrons. The molecule has 0 heterocycles. The minimum atomic E-state index is -0.208. The minimum Gasteiger partial charge on any atom is -0.487 e. The number of ether oxygens (including phenoxy) is 1. The molecule has 1 atom stereocenters. The van der Waals surface area contributed by atoms with E-state index in [0.29, 0.717) is 34.6 Å². The zero-order valence-electron chi connectivity index (χ0n) is 9.88. The predicted molar refractivity (Wildman–Crippen MR) is 74.9 cm³/mol. The highest BCUT2D eigenvalue weighted by Crippen LogP contribution is 2.31. The minimum absolute atomic E-state index is 0.0994. The van der Waals surface area contributed by atoms with Gasteiger partial charge in [0.05, 0.1) is 11.6 Å². The van der Waals surface area contributed by atoms with Crippen molar-refractivity contribution in [3.63, 3.8) is 0 Å². The van der Waals surface area contributed by atoms with Crippen LogP contribution in [0.1, 0.15) is 13.3 Å². The zero-order valence-corrected chi connectivity index (χ0v) is 12.1. The molecule has 0 aliphatic rings. The fourth-order valence-electron chi connectivity index (χ4n) is 1.27. The Balaban J connectivity index is 2.47. The highest BCUT2D eigenvalue weighted by atomic mass is 35.5. The van der Waals surface area contributed by atoms with Crippen LogP contribution in [-0.2, 0) is 4.79 Å². The van der Waals surface area contributed by atoms with Gasteiger partial charge >= 0.3 is 0 Å². The number of benzene rings is 1. The SMILES string of the molecule is CC(CNC(=O)CCCl)Oc1cccc(Cl)c1Cl. The van der Waals surface area contributed by atoms with E-state index in [4.69, 9.17) is 39.5 Å². The molecular weight excluding hydrogens is 296 g/mol. The summed E-state index contributed by atoms with van der Waals surface area (Å²) in [7, 11) is 0. The maximum atomic E-state index is 11.2. The van der Waals surface area contributed by atoms with Crippen molar-refractivity contribution in [3.05, 3.63) is 28.2 Å². The molecule has 1 aromatic carbocycles. The van der Waals surface area contributed by atoms with Crippen molar-refractivity contribution in [2.45, 2.75) is 19.4 Å². The van der Waals surface area contributed by atoms with Crippen LogP contribution in [0.15, 0.2) is 18.2 Å². The molecule has 0 fully saturated rings. The van der Waals surface area contributed by atoms with Gasteiger partial charge in [-0.3, -0.25) is 4.79 Å². The Bertz CT molecular complexity index is 412. The molecule has 0 radical (unpaired) electrons. The summed E-state index contributed by atoms with van der Waals surface area (Å²) in [5.74, 6) is 0.710. The number of alkyl halides is 1. The third kappa shape index (κ3) is 4.92. The van der Waals surface area contributed by atoms with Gasteiger partial charge in [0.1, 0.15) is 16.9 Å². The van der Waals surface area contributed by atoms with Gasteiger partial charge < -0.3 is 10.1 Å². The number of halogens is 3. The molecule has 0 aromatic heterocycles. The lowest BCUT2D eigenvalue weighted by atomic mass is 10.3. The Morgan fingerprint density at radius 1 is 1.44 bits per heavy atom. The topological polar surface area (TPSA) is 38.3 Å². The average molecular weight is 311 g/mol. The van der Waals surface area contributed by atoms with E-state index < -0.39 is 0 Å². The lowest BCUT2D eigenvalue weighted by molar-refractivity contribution is -0.121. The maximum Gasteiger partial charge on any atom is 0.221 e. The molecule has 0 saturated carbocycles. The van der Waals surface area contributed by atoms with Crippen LogP contribution in [0.5, 0.6) is 5.75 Å². The first-order valence-corrected chi connectivity index (χ1v) is 6.77. The van der Waals surface area contributed by atoms with Crippen molar-refractivity contribution in [2.24, 2.45) is 0 Å². The number of hydrogen-bond donors (Lipinski definition) is 1. The molecule has 0 aliphatic carbocycles. The Morgan fingerprint density at radius 2 is 2.17 bits per heavy atom. The Labute approximate surface area is 121 Å². The molecule has 0 saturated heterocycles. The zero-order chi connectivity index (χ0) is 13.5. The standard InChI is InChI=1S/C12H14Cl3NO2/c1-8(7-16-11(17)5-6-13)18-10-4-2-3-9(14)12(10)15/h2-4,8H,5-7H2,1H3,(H,16,17). The van der Waals surface area contributed by atoms with Gasteiger partial charge in [0, 0.05) is 12.3 Å². The van der Waals surface area contributed by atoms with Crippen LogP contribution in [0.4, 0.5) is 0 Å². The molecule has 1 amide bonds. The van der Waals surface area contributed by atoms with Crippen molar-refractivity contribution in [1.82, 2.24) is 5.32 Å². The van der Waals surface area contributed by atoms with Crippen LogP contribution < -0.4 is 10.1 Å². The van der Waals surface area contributed by atoms with Crippen molar-refractivity contribution in [1.29, 1.82) is 0 Å². The summed E-state index contributed by atoms with van der Waals surface area (Å²) in [6.07, 6.45) is 0.0897. The van der Waals surface area contributed by atoms with E-state index in [9.17, 15) is 4.79 Å².